The normalized spacial score (nSPS) is 8.50. The first-order valence-electron chi connectivity index (χ1n) is 4.08. The minimum Gasteiger partial charge on any atom is -0.290 e. The van der Waals surface area contributed by atoms with E-state index in [1.165, 1.54) is 54.0 Å². The second kappa shape index (κ2) is 29.8. The van der Waals surface area contributed by atoms with Crippen LogP contribution >= 0.6 is 64.8 Å². The van der Waals surface area contributed by atoms with Gasteiger partial charge in [-0.15, -0.1) is 0 Å². The highest BCUT2D eigenvalue weighted by Gasteiger charge is 1.67. The largest absolute Gasteiger partial charge is 0.290 e. The zero-order valence-electron chi connectivity index (χ0n) is 9.69. The second-order valence-corrected chi connectivity index (χ2v) is 7.83. The Kier molecular flexibility index (Phi) is 36.2. The number of carbonyl (C=O) groups excluding carboxylic acids is 3. The summed E-state index contributed by atoms with van der Waals surface area (Å²) in [7, 11) is 7.68. The molecule has 0 unspecified atom stereocenters. The third-order valence-corrected chi connectivity index (χ3v) is 3.91. The lowest BCUT2D eigenvalue weighted by Gasteiger charge is -1.94. The molecule has 16 heavy (non-hydrogen) atoms. The molecule has 0 fully saturated rings. The van der Waals surface area contributed by atoms with Crippen molar-refractivity contribution >= 4 is 81.6 Å². The Morgan fingerprint density at radius 3 is 1.56 bits per heavy atom. The zero-order valence-corrected chi connectivity index (χ0v) is 13.6. The van der Waals surface area contributed by atoms with Gasteiger partial charge in [0.15, 0.2) is 16.9 Å². The van der Waals surface area contributed by atoms with Gasteiger partial charge in [0.2, 0.25) is 0 Å². The van der Waals surface area contributed by atoms with Crippen molar-refractivity contribution in [2.45, 2.75) is 6.90 Å². The topological polar surface area (TPSA) is 51.2 Å². The van der Waals surface area contributed by atoms with E-state index in [-0.39, 0.29) is 6.90 Å². The van der Waals surface area contributed by atoms with Gasteiger partial charge in [-0.2, -0.15) is 6.90 Å². The van der Waals surface area contributed by atoms with Gasteiger partial charge in [0, 0.05) is 0 Å². The molecule has 96 valence electrons. The summed E-state index contributed by atoms with van der Waals surface area (Å²) in [6.07, 6.45) is 3.72. The standard InChI is InChI=1S/C3H5OS2.2C2H4OS2/c1-2-5-6-3-4;2*1-4-5-2-3/h2-3H,1H3;2*2H,1H3/q-1;;/i1D;;. The summed E-state index contributed by atoms with van der Waals surface area (Å²) in [5.41, 5.74) is 2.37. The molecule has 0 radical (unpaired) electrons. The van der Waals surface area contributed by atoms with E-state index in [0.29, 0.717) is 0 Å². The molecule has 0 aliphatic heterocycles. The Labute approximate surface area is 122 Å². The Balaban J connectivity index is -0.000000177. The van der Waals surface area contributed by atoms with E-state index in [2.05, 4.69) is 0 Å². The lowest BCUT2D eigenvalue weighted by Crippen LogP contribution is -1.48. The van der Waals surface area contributed by atoms with Gasteiger partial charge in [-0.05, 0) is 35.5 Å². The van der Waals surface area contributed by atoms with E-state index >= 15 is 0 Å². The summed E-state index contributed by atoms with van der Waals surface area (Å²) in [6, 6.07) is 0. The van der Waals surface area contributed by atoms with Gasteiger partial charge >= 0.3 is 0 Å². The zero-order chi connectivity index (χ0) is 13.8. The lowest BCUT2D eigenvalue weighted by molar-refractivity contribution is 0.569. The molecule has 0 aromatic heterocycles. The smallest absolute Gasteiger partial charge is 0.186 e. The molecular formula is C7H13O3S6-. The van der Waals surface area contributed by atoms with Crippen LogP contribution in [0.5, 0.6) is 0 Å². The fourth-order valence-electron chi connectivity index (χ4n) is 0.141. The number of hydrogen-bond acceptors (Lipinski definition) is 9. The van der Waals surface area contributed by atoms with Gasteiger partial charge in [0.05, 0.1) is 0 Å². The predicted molar refractivity (Wildman–Crippen MR) is 87.6 cm³/mol. The third kappa shape index (κ3) is 45.7. The Hall–Kier alpha value is 1.11. The number of carbonyl (C=O) groups is 3. The molecule has 0 amide bonds. The van der Waals surface area contributed by atoms with Gasteiger partial charge in [-0.25, -0.2) is 0 Å². The van der Waals surface area contributed by atoms with Crippen LogP contribution in [0.1, 0.15) is 8.27 Å². The highest BCUT2D eigenvalue weighted by atomic mass is 33.1. The second-order valence-electron chi connectivity index (χ2n) is 1.17. The molecular weight excluding hydrogens is 324 g/mol. The van der Waals surface area contributed by atoms with Gasteiger partial charge in [-0.3, -0.25) is 30.9 Å². The maximum atomic E-state index is 9.54. The Bertz CT molecular complexity index is 153. The van der Waals surface area contributed by atoms with Crippen LogP contribution in [0, 0.1) is 5.75 Å². The molecule has 0 aromatic rings. The van der Waals surface area contributed by atoms with Crippen molar-refractivity contribution in [1.29, 1.82) is 0 Å². The molecule has 0 spiro atoms. The summed E-state index contributed by atoms with van der Waals surface area (Å²) in [5.74, 6) is 1.65. The third-order valence-electron chi connectivity index (χ3n) is 0.434. The van der Waals surface area contributed by atoms with Crippen LogP contribution in [0.2, 0.25) is 0 Å². The average molecular weight is 339 g/mol. The van der Waals surface area contributed by atoms with Crippen molar-refractivity contribution < 1.29 is 15.8 Å². The summed E-state index contributed by atoms with van der Waals surface area (Å²) < 4.78 is 6.58. The van der Waals surface area contributed by atoms with E-state index in [1.807, 2.05) is 12.5 Å². The highest BCUT2D eigenvalue weighted by molar-refractivity contribution is 8.82. The maximum absolute atomic E-state index is 9.54. The Morgan fingerprint density at radius 2 is 1.38 bits per heavy atom. The van der Waals surface area contributed by atoms with E-state index in [4.69, 9.17) is 1.37 Å². The van der Waals surface area contributed by atoms with Crippen LogP contribution in [0.25, 0.3) is 0 Å². The van der Waals surface area contributed by atoms with Crippen LogP contribution < -0.4 is 0 Å². The highest BCUT2D eigenvalue weighted by Crippen LogP contribution is 2.19. The fraction of sp³-hybridized carbons (Fsp3) is 0.429. The van der Waals surface area contributed by atoms with Crippen LogP contribution in [-0.4, -0.2) is 29.4 Å². The van der Waals surface area contributed by atoms with E-state index < -0.39 is 0 Å². The summed E-state index contributed by atoms with van der Waals surface area (Å²) in [5, 5.41) is 0. The first-order valence-corrected chi connectivity index (χ1v) is 10.9. The van der Waals surface area contributed by atoms with Crippen LogP contribution in [0.4, 0.5) is 0 Å². The molecule has 0 N–H and O–H groups in total. The SMILES string of the molecule is CSSC=O.CSSC=O.[2H]C[CH-]SSC=O. The molecule has 0 atom stereocenters. The molecule has 0 aliphatic rings. The van der Waals surface area contributed by atoms with Crippen LogP contribution in [-0.2, 0) is 14.4 Å². The van der Waals surface area contributed by atoms with Crippen molar-refractivity contribution in [2.75, 3.05) is 12.5 Å². The minimum absolute atomic E-state index is 0.269. The summed E-state index contributed by atoms with van der Waals surface area (Å²) in [4.78, 5) is 28.2. The van der Waals surface area contributed by atoms with Crippen LogP contribution in [0.3, 0.4) is 0 Å². The van der Waals surface area contributed by atoms with Crippen molar-refractivity contribution in [3.05, 3.63) is 5.75 Å². The first kappa shape index (κ1) is 19.4. The quantitative estimate of drug-likeness (QED) is 0.295. The lowest BCUT2D eigenvalue weighted by atomic mass is 11.0. The Morgan fingerprint density at radius 1 is 0.938 bits per heavy atom. The molecule has 0 rings (SSSR count). The summed E-state index contributed by atoms with van der Waals surface area (Å²) >= 11 is 0. The minimum atomic E-state index is 0.269. The van der Waals surface area contributed by atoms with Crippen molar-refractivity contribution in [3.8, 4) is 0 Å². The molecule has 0 aromatic carbocycles. The summed E-state index contributed by atoms with van der Waals surface area (Å²) in [6.45, 7) is 0.269. The maximum Gasteiger partial charge on any atom is 0.186 e. The molecule has 0 heterocycles. The van der Waals surface area contributed by atoms with Gasteiger partial charge < -0.3 is 0 Å². The molecule has 3 nitrogen and oxygen atoms in total. The van der Waals surface area contributed by atoms with Crippen molar-refractivity contribution in [3.63, 3.8) is 0 Å². The average Bonchev–Trinajstić information content (AvgIpc) is 2.33. The van der Waals surface area contributed by atoms with Gasteiger partial charge in [-0.1, -0.05) is 32.4 Å². The molecule has 0 saturated heterocycles. The monoisotopic (exact) mass is 338 g/mol. The number of hydrogen-bond donors (Lipinski definition) is 0. The van der Waals surface area contributed by atoms with Gasteiger partial charge in [0.25, 0.3) is 0 Å². The molecule has 0 aliphatic carbocycles. The van der Waals surface area contributed by atoms with E-state index in [9.17, 15) is 14.4 Å². The first-order chi connectivity index (χ1) is 8.24. The van der Waals surface area contributed by atoms with Gasteiger partial charge in [0.1, 0.15) is 0 Å². The molecule has 0 bridgehead atoms. The molecule has 9 heteroatoms. The molecule has 0 saturated carbocycles. The van der Waals surface area contributed by atoms with E-state index in [1.54, 1.807) is 5.75 Å². The van der Waals surface area contributed by atoms with Crippen molar-refractivity contribution in [1.82, 2.24) is 0 Å². The van der Waals surface area contributed by atoms with Crippen molar-refractivity contribution in [2.24, 2.45) is 0 Å². The number of rotatable bonds is 7. The van der Waals surface area contributed by atoms with Crippen LogP contribution in [0.15, 0.2) is 0 Å². The van der Waals surface area contributed by atoms with E-state index in [0.717, 1.165) is 27.6 Å². The fourth-order valence-corrected chi connectivity index (χ4v) is 1.26. The predicted octanol–water partition coefficient (Wildman–Crippen LogP) is 4.12.